The average molecular weight is 261 g/mol. The largest absolute Gasteiger partial charge is 0.433 e. The van der Waals surface area contributed by atoms with E-state index in [4.69, 9.17) is 5.73 Å². The Bertz CT molecular complexity index is 416. The summed E-state index contributed by atoms with van der Waals surface area (Å²) in [6, 6.07) is 1.07. The zero-order valence-corrected chi connectivity index (χ0v) is 10.9. The van der Waals surface area contributed by atoms with Crippen molar-refractivity contribution in [2.45, 2.75) is 33.0 Å². The molecule has 1 aromatic rings. The Balaban J connectivity index is 3.16. The number of hydrogen-bond acceptors (Lipinski definition) is 3. The minimum Gasteiger partial charge on any atom is -0.396 e. The highest BCUT2D eigenvalue weighted by Crippen LogP contribution is 2.33. The fourth-order valence-electron chi connectivity index (χ4n) is 1.58. The van der Waals surface area contributed by atoms with Gasteiger partial charge in [-0.1, -0.05) is 13.8 Å². The van der Waals surface area contributed by atoms with Gasteiger partial charge in [0.1, 0.15) is 5.69 Å². The number of rotatable bonds is 3. The zero-order valence-electron chi connectivity index (χ0n) is 10.9. The van der Waals surface area contributed by atoms with Crippen molar-refractivity contribution < 1.29 is 13.2 Å². The standard InChI is InChI=1S/C12H18F3N3/c1-7(2)8(3)18(4)10-5-11(12(13,14)15)17-6-9(10)16/h5-8H,16H2,1-4H3. The van der Waals surface area contributed by atoms with E-state index < -0.39 is 11.9 Å². The van der Waals surface area contributed by atoms with Gasteiger partial charge in [0.15, 0.2) is 0 Å². The van der Waals surface area contributed by atoms with E-state index in [9.17, 15) is 13.2 Å². The van der Waals surface area contributed by atoms with Crippen molar-refractivity contribution in [1.29, 1.82) is 0 Å². The number of nitrogens with two attached hydrogens (primary N) is 1. The molecule has 0 spiro atoms. The van der Waals surface area contributed by atoms with Crippen molar-refractivity contribution >= 4 is 11.4 Å². The Morgan fingerprint density at radius 3 is 2.28 bits per heavy atom. The second kappa shape index (κ2) is 5.04. The molecular weight excluding hydrogens is 243 g/mol. The van der Waals surface area contributed by atoms with Crippen molar-refractivity contribution in [1.82, 2.24) is 4.98 Å². The van der Waals surface area contributed by atoms with E-state index in [1.807, 2.05) is 20.8 Å². The third-order valence-electron chi connectivity index (χ3n) is 3.16. The maximum absolute atomic E-state index is 12.6. The van der Waals surface area contributed by atoms with E-state index in [0.29, 0.717) is 11.6 Å². The first-order valence-corrected chi connectivity index (χ1v) is 5.70. The van der Waals surface area contributed by atoms with Crippen molar-refractivity contribution in [2.75, 3.05) is 17.7 Å². The van der Waals surface area contributed by atoms with Gasteiger partial charge in [0.2, 0.25) is 0 Å². The highest BCUT2D eigenvalue weighted by Gasteiger charge is 2.33. The molecule has 0 amide bonds. The molecule has 6 heteroatoms. The molecule has 18 heavy (non-hydrogen) atoms. The van der Waals surface area contributed by atoms with Gasteiger partial charge in [-0.2, -0.15) is 13.2 Å². The number of aromatic nitrogens is 1. The maximum Gasteiger partial charge on any atom is 0.433 e. The summed E-state index contributed by atoms with van der Waals surface area (Å²) in [5.74, 6) is 0.303. The molecule has 0 aromatic carbocycles. The summed E-state index contributed by atoms with van der Waals surface area (Å²) in [5.41, 5.74) is 5.39. The first-order valence-electron chi connectivity index (χ1n) is 5.70. The van der Waals surface area contributed by atoms with Crippen molar-refractivity contribution in [2.24, 2.45) is 5.92 Å². The lowest BCUT2D eigenvalue weighted by atomic mass is 10.0. The van der Waals surface area contributed by atoms with Crippen LogP contribution in [0.1, 0.15) is 26.5 Å². The molecule has 0 saturated heterocycles. The SMILES string of the molecule is CC(C)C(C)N(C)c1cc(C(F)(F)F)ncc1N. The summed E-state index contributed by atoms with van der Waals surface area (Å²) in [6.45, 7) is 5.95. The van der Waals surface area contributed by atoms with Crippen LogP contribution in [0.5, 0.6) is 0 Å². The topological polar surface area (TPSA) is 42.2 Å². The molecule has 2 N–H and O–H groups in total. The number of anilines is 2. The Hall–Kier alpha value is -1.46. The normalized spacial score (nSPS) is 13.8. The quantitative estimate of drug-likeness (QED) is 0.908. The molecule has 0 aliphatic rings. The van der Waals surface area contributed by atoms with E-state index in [1.54, 1.807) is 11.9 Å². The van der Waals surface area contributed by atoms with Gasteiger partial charge < -0.3 is 10.6 Å². The van der Waals surface area contributed by atoms with Crippen LogP contribution in [0, 0.1) is 5.92 Å². The fourth-order valence-corrected chi connectivity index (χ4v) is 1.58. The maximum atomic E-state index is 12.6. The summed E-state index contributed by atoms with van der Waals surface area (Å²) in [4.78, 5) is 5.07. The lowest BCUT2D eigenvalue weighted by Gasteiger charge is -2.31. The van der Waals surface area contributed by atoms with E-state index in [2.05, 4.69) is 4.98 Å². The van der Waals surface area contributed by atoms with Crippen LogP contribution in [0.2, 0.25) is 0 Å². The Kier molecular flexibility index (Phi) is 4.09. The molecule has 0 saturated carbocycles. The minimum atomic E-state index is -4.45. The fraction of sp³-hybridized carbons (Fsp3) is 0.583. The van der Waals surface area contributed by atoms with Gasteiger partial charge in [0, 0.05) is 13.1 Å². The lowest BCUT2D eigenvalue weighted by Crippen LogP contribution is -2.34. The summed E-state index contributed by atoms with van der Waals surface area (Å²) < 4.78 is 37.8. The van der Waals surface area contributed by atoms with Crippen LogP contribution in [0.25, 0.3) is 0 Å². The average Bonchev–Trinajstić information content (AvgIpc) is 2.26. The van der Waals surface area contributed by atoms with Gasteiger partial charge in [-0.3, -0.25) is 0 Å². The van der Waals surface area contributed by atoms with Gasteiger partial charge in [-0.05, 0) is 18.9 Å². The Morgan fingerprint density at radius 2 is 1.83 bits per heavy atom. The molecule has 1 rings (SSSR count). The van der Waals surface area contributed by atoms with Crippen LogP contribution in [-0.2, 0) is 6.18 Å². The number of nitrogen functional groups attached to an aromatic ring is 1. The van der Waals surface area contributed by atoms with Gasteiger partial charge in [-0.25, -0.2) is 4.98 Å². The summed E-state index contributed by atoms with van der Waals surface area (Å²) in [7, 11) is 1.73. The van der Waals surface area contributed by atoms with Crippen LogP contribution >= 0.6 is 0 Å². The van der Waals surface area contributed by atoms with E-state index in [-0.39, 0.29) is 11.7 Å². The number of pyridine rings is 1. The molecule has 0 aliphatic heterocycles. The summed E-state index contributed by atoms with van der Waals surface area (Å²) in [6.07, 6.45) is -3.40. The van der Waals surface area contributed by atoms with E-state index in [1.165, 1.54) is 0 Å². The Labute approximate surface area is 105 Å². The van der Waals surface area contributed by atoms with Crippen LogP contribution in [0.4, 0.5) is 24.5 Å². The summed E-state index contributed by atoms with van der Waals surface area (Å²) in [5, 5.41) is 0. The number of halogens is 3. The van der Waals surface area contributed by atoms with Crippen molar-refractivity contribution in [3.8, 4) is 0 Å². The number of nitrogens with zero attached hydrogens (tertiary/aromatic N) is 2. The van der Waals surface area contributed by atoms with Gasteiger partial charge in [0.05, 0.1) is 17.6 Å². The molecular formula is C12H18F3N3. The second-order valence-electron chi connectivity index (χ2n) is 4.72. The van der Waals surface area contributed by atoms with E-state index >= 15 is 0 Å². The lowest BCUT2D eigenvalue weighted by molar-refractivity contribution is -0.141. The zero-order chi connectivity index (χ0) is 14.1. The van der Waals surface area contributed by atoms with Crippen molar-refractivity contribution in [3.05, 3.63) is 18.0 Å². The molecule has 0 radical (unpaired) electrons. The summed E-state index contributed by atoms with van der Waals surface area (Å²) >= 11 is 0. The first-order chi connectivity index (χ1) is 8.14. The van der Waals surface area contributed by atoms with E-state index in [0.717, 1.165) is 12.3 Å². The molecule has 1 atom stereocenters. The first kappa shape index (κ1) is 14.6. The molecule has 1 heterocycles. The molecule has 0 fully saturated rings. The third kappa shape index (κ3) is 3.05. The van der Waals surface area contributed by atoms with Crippen LogP contribution in [0.3, 0.4) is 0 Å². The molecule has 3 nitrogen and oxygen atoms in total. The smallest absolute Gasteiger partial charge is 0.396 e. The highest BCUT2D eigenvalue weighted by atomic mass is 19.4. The molecule has 102 valence electrons. The molecule has 0 aliphatic carbocycles. The monoisotopic (exact) mass is 261 g/mol. The van der Waals surface area contributed by atoms with Crippen molar-refractivity contribution in [3.63, 3.8) is 0 Å². The minimum absolute atomic E-state index is 0.0794. The predicted octanol–water partition coefficient (Wildman–Crippen LogP) is 3.16. The van der Waals surface area contributed by atoms with Gasteiger partial charge in [0.25, 0.3) is 0 Å². The second-order valence-corrected chi connectivity index (χ2v) is 4.72. The van der Waals surface area contributed by atoms with Crippen LogP contribution in [-0.4, -0.2) is 18.1 Å². The highest BCUT2D eigenvalue weighted by molar-refractivity contribution is 5.67. The molecule has 0 bridgehead atoms. The number of hydrogen-bond donors (Lipinski definition) is 1. The van der Waals surface area contributed by atoms with Gasteiger partial charge in [-0.15, -0.1) is 0 Å². The van der Waals surface area contributed by atoms with Crippen LogP contribution < -0.4 is 10.6 Å². The van der Waals surface area contributed by atoms with Crippen LogP contribution in [0.15, 0.2) is 12.3 Å². The third-order valence-corrected chi connectivity index (χ3v) is 3.16. The predicted molar refractivity (Wildman–Crippen MR) is 66.4 cm³/mol. The Morgan fingerprint density at radius 1 is 1.28 bits per heavy atom. The molecule has 1 unspecified atom stereocenters. The van der Waals surface area contributed by atoms with Gasteiger partial charge >= 0.3 is 6.18 Å². The molecule has 1 aromatic heterocycles. The number of alkyl halides is 3.